The van der Waals surface area contributed by atoms with Crippen molar-refractivity contribution in [2.24, 2.45) is 0 Å². The van der Waals surface area contributed by atoms with Gasteiger partial charge in [0.05, 0.1) is 11.5 Å². The minimum atomic E-state index is -3.35. The summed E-state index contributed by atoms with van der Waals surface area (Å²) in [7, 11) is -3.35. The Labute approximate surface area is 156 Å². The minimum absolute atomic E-state index is 0.00304. The molecule has 1 aromatic heterocycles. The zero-order chi connectivity index (χ0) is 19.6. The van der Waals surface area contributed by atoms with Crippen molar-refractivity contribution in [2.75, 3.05) is 12.9 Å². The molecule has 2 aromatic carbocycles. The lowest BCUT2D eigenvalue weighted by Gasteiger charge is -2.08. The Morgan fingerprint density at radius 3 is 2.19 bits per heavy atom. The maximum atomic E-state index is 13.3. The van der Waals surface area contributed by atoms with Gasteiger partial charge in [0, 0.05) is 17.4 Å². The summed E-state index contributed by atoms with van der Waals surface area (Å²) in [5, 5.41) is 0. The van der Waals surface area contributed by atoms with E-state index >= 15 is 0 Å². The highest BCUT2D eigenvalue weighted by Gasteiger charge is 2.24. The first-order chi connectivity index (χ1) is 12.8. The first kappa shape index (κ1) is 18.8. The first-order valence-corrected chi connectivity index (χ1v) is 10.1. The lowest BCUT2D eigenvalue weighted by atomic mass is 9.97. The predicted octanol–water partition coefficient (Wildman–Crippen LogP) is 4.33. The number of halogens is 1. The number of hydrogen-bond acceptors (Lipinski definition) is 5. The Morgan fingerprint density at radius 1 is 1.04 bits per heavy atom. The molecule has 27 heavy (non-hydrogen) atoms. The van der Waals surface area contributed by atoms with Gasteiger partial charge in [0.1, 0.15) is 12.1 Å². The average molecular weight is 388 g/mol. The fourth-order valence-corrected chi connectivity index (χ4v) is 3.33. The molecule has 0 N–H and O–H groups in total. The highest BCUT2D eigenvalue weighted by molar-refractivity contribution is 7.90. The normalized spacial score (nSPS) is 11.4. The fraction of sp³-hybridized carbons (Fsp3) is 0.150. The molecule has 140 valence electrons. The molecule has 0 aliphatic heterocycles. The number of esters is 1. The van der Waals surface area contributed by atoms with E-state index in [-0.39, 0.29) is 23.1 Å². The molecular formula is C20H17FO5S. The van der Waals surface area contributed by atoms with E-state index in [1.54, 1.807) is 31.2 Å². The summed E-state index contributed by atoms with van der Waals surface area (Å²) in [5.74, 6) is -1.01. The van der Waals surface area contributed by atoms with Gasteiger partial charge in [-0.25, -0.2) is 17.6 Å². The van der Waals surface area contributed by atoms with Crippen molar-refractivity contribution in [2.45, 2.75) is 11.8 Å². The van der Waals surface area contributed by atoms with Crippen molar-refractivity contribution in [3.63, 3.8) is 0 Å². The van der Waals surface area contributed by atoms with Crippen molar-refractivity contribution >= 4 is 15.8 Å². The van der Waals surface area contributed by atoms with E-state index in [4.69, 9.17) is 9.15 Å². The molecular weight excluding hydrogens is 371 g/mol. The van der Waals surface area contributed by atoms with Crippen molar-refractivity contribution in [1.82, 2.24) is 0 Å². The molecule has 7 heteroatoms. The number of benzene rings is 2. The van der Waals surface area contributed by atoms with Gasteiger partial charge in [-0.15, -0.1) is 0 Å². The van der Waals surface area contributed by atoms with Crippen LogP contribution < -0.4 is 0 Å². The van der Waals surface area contributed by atoms with Crippen molar-refractivity contribution < 1.29 is 26.8 Å². The Bertz CT molecular complexity index is 1060. The van der Waals surface area contributed by atoms with Crippen LogP contribution in [0.4, 0.5) is 4.39 Å². The van der Waals surface area contributed by atoms with Gasteiger partial charge in [-0.3, -0.25) is 0 Å². The highest BCUT2D eigenvalue weighted by atomic mass is 32.2. The smallest absolute Gasteiger partial charge is 0.374 e. The van der Waals surface area contributed by atoms with Crippen LogP contribution in [0.1, 0.15) is 17.5 Å². The summed E-state index contributed by atoms with van der Waals surface area (Å²) < 4.78 is 47.1. The molecule has 0 saturated carbocycles. The molecule has 0 fully saturated rings. The monoisotopic (exact) mass is 388 g/mol. The van der Waals surface area contributed by atoms with Crippen LogP contribution in [-0.2, 0) is 14.6 Å². The molecule has 0 bridgehead atoms. The molecule has 0 aliphatic carbocycles. The molecule has 0 amide bonds. The lowest BCUT2D eigenvalue weighted by Crippen LogP contribution is -2.05. The minimum Gasteiger partial charge on any atom is -0.460 e. The third kappa shape index (κ3) is 3.93. The number of carbonyl (C=O) groups is 1. The SMILES string of the molecule is CCOC(=O)c1occ(-c2ccc(F)cc2)c1-c1ccc(S(C)(=O)=O)cc1. The summed E-state index contributed by atoms with van der Waals surface area (Å²) in [6, 6.07) is 11.9. The quantitative estimate of drug-likeness (QED) is 0.608. The lowest BCUT2D eigenvalue weighted by molar-refractivity contribution is 0.0491. The highest BCUT2D eigenvalue weighted by Crippen LogP contribution is 2.37. The fourth-order valence-electron chi connectivity index (χ4n) is 2.70. The van der Waals surface area contributed by atoms with Crippen LogP contribution in [0, 0.1) is 5.82 Å². The Morgan fingerprint density at radius 2 is 1.63 bits per heavy atom. The van der Waals surface area contributed by atoms with E-state index < -0.39 is 15.8 Å². The maximum Gasteiger partial charge on any atom is 0.374 e. The second-order valence-electron chi connectivity index (χ2n) is 5.88. The number of sulfone groups is 1. The van der Waals surface area contributed by atoms with Crippen LogP contribution in [0.3, 0.4) is 0 Å². The van der Waals surface area contributed by atoms with Crippen LogP contribution in [0.5, 0.6) is 0 Å². The van der Waals surface area contributed by atoms with Crippen LogP contribution in [0.25, 0.3) is 22.3 Å². The molecule has 0 radical (unpaired) electrons. The molecule has 0 saturated heterocycles. The number of hydrogen-bond donors (Lipinski definition) is 0. The average Bonchev–Trinajstić information content (AvgIpc) is 3.07. The van der Waals surface area contributed by atoms with Crippen LogP contribution in [0.2, 0.25) is 0 Å². The number of furan rings is 1. The standard InChI is InChI=1S/C20H17FO5S/c1-3-25-20(22)19-18(14-6-10-16(11-7-14)27(2,23)24)17(12-26-19)13-4-8-15(21)9-5-13/h4-12H,3H2,1-2H3. The Kier molecular flexibility index (Phi) is 5.14. The van der Waals surface area contributed by atoms with Gasteiger partial charge in [0.2, 0.25) is 5.76 Å². The molecule has 0 atom stereocenters. The van der Waals surface area contributed by atoms with Gasteiger partial charge in [-0.2, -0.15) is 0 Å². The second-order valence-corrected chi connectivity index (χ2v) is 7.89. The number of rotatable bonds is 5. The molecule has 0 unspecified atom stereocenters. The summed E-state index contributed by atoms with van der Waals surface area (Å²) in [4.78, 5) is 12.5. The van der Waals surface area contributed by atoms with Crippen LogP contribution in [0.15, 0.2) is 64.1 Å². The van der Waals surface area contributed by atoms with Crippen molar-refractivity contribution in [3.8, 4) is 22.3 Å². The third-order valence-corrected chi connectivity index (χ3v) is 5.11. The van der Waals surface area contributed by atoms with Gasteiger partial charge >= 0.3 is 5.97 Å². The van der Waals surface area contributed by atoms with Gasteiger partial charge < -0.3 is 9.15 Å². The van der Waals surface area contributed by atoms with Gasteiger partial charge in [-0.05, 0) is 42.3 Å². The Balaban J connectivity index is 2.17. The Hall–Kier alpha value is -2.93. The van der Waals surface area contributed by atoms with Gasteiger partial charge in [0.25, 0.3) is 0 Å². The summed E-state index contributed by atoms with van der Waals surface area (Å²) >= 11 is 0. The van der Waals surface area contributed by atoms with Gasteiger partial charge in [-0.1, -0.05) is 24.3 Å². The zero-order valence-corrected chi connectivity index (χ0v) is 15.5. The van der Waals surface area contributed by atoms with Crippen LogP contribution in [-0.4, -0.2) is 27.2 Å². The van der Waals surface area contributed by atoms with E-state index in [1.807, 2.05) is 0 Å². The van der Waals surface area contributed by atoms with Gasteiger partial charge in [0.15, 0.2) is 9.84 Å². The molecule has 3 aromatic rings. The van der Waals surface area contributed by atoms with E-state index in [1.165, 1.54) is 30.5 Å². The first-order valence-electron chi connectivity index (χ1n) is 8.16. The predicted molar refractivity (Wildman–Crippen MR) is 98.6 cm³/mol. The molecule has 3 rings (SSSR count). The second kappa shape index (κ2) is 7.36. The van der Waals surface area contributed by atoms with E-state index in [0.29, 0.717) is 22.3 Å². The van der Waals surface area contributed by atoms with E-state index in [9.17, 15) is 17.6 Å². The van der Waals surface area contributed by atoms with Crippen molar-refractivity contribution in [1.29, 1.82) is 0 Å². The summed E-state index contributed by atoms with van der Waals surface area (Å²) in [5.41, 5.74) is 2.27. The number of carbonyl (C=O) groups excluding carboxylic acids is 1. The summed E-state index contributed by atoms with van der Waals surface area (Å²) in [6.07, 6.45) is 2.52. The van der Waals surface area contributed by atoms with E-state index in [0.717, 1.165) is 6.26 Å². The van der Waals surface area contributed by atoms with Crippen molar-refractivity contribution in [3.05, 3.63) is 66.4 Å². The van der Waals surface area contributed by atoms with E-state index in [2.05, 4.69) is 0 Å². The maximum absolute atomic E-state index is 13.3. The molecule has 0 spiro atoms. The summed E-state index contributed by atoms with van der Waals surface area (Å²) in [6.45, 7) is 1.86. The third-order valence-electron chi connectivity index (χ3n) is 3.98. The van der Waals surface area contributed by atoms with Crippen LogP contribution >= 0.6 is 0 Å². The number of ether oxygens (including phenoxy) is 1. The largest absolute Gasteiger partial charge is 0.460 e. The topological polar surface area (TPSA) is 73.6 Å². The molecule has 0 aliphatic rings. The molecule has 1 heterocycles. The zero-order valence-electron chi connectivity index (χ0n) is 14.7. The molecule has 5 nitrogen and oxygen atoms in total.